The molecule has 0 spiro atoms. The number of carbonyl (C=O) groups is 2. The van der Waals surface area contributed by atoms with Crippen molar-refractivity contribution in [2.75, 3.05) is 65.9 Å². The van der Waals surface area contributed by atoms with E-state index in [2.05, 4.69) is 19.2 Å². The molecule has 2 aliphatic rings. The Labute approximate surface area is 281 Å². The van der Waals surface area contributed by atoms with Crippen molar-refractivity contribution in [2.24, 2.45) is 11.5 Å². The van der Waals surface area contributed by atoms with E-state index >= 15 is 0 Å². The molecule has 5 N–H and O–H groups in total. The zero-order chi connectivity index (χ0) is 33.6. The molecule has 0 bridgehead atoms. The van der Waals surface area contributed by atoms with Crippen LogP contribution in [0, 0.1) is 0 Å². The minimum Gasteiger partial charge on any atom is -0.391 e. The zero-order valence-corrected chi connectivity index (χ0v) is 32.1. The monoisotopic (exact) mass is 704 g/mol. The SMILES string of the molecule is CC.CCCCCOP(OC)SC.CP(S)OC1CCN(C(=O)CCCCCN)C1.NCCCCCC(=O)N1CCC(O)C1. The van der Waals surface area contributed by atoms with Crippen LogP contribution >= 0.6 is 38.6 Å². The van der Waals surface area contributed by atoms with Crippen molar-refractivity contribution in [3.8, 4) is 0 Å². The Morgan fingerprint density at radius 2 is 1.45 bits per heavy atom. The molecule has 0 radical (unpaired) electrons. The molecular formula is C30H66N4O6P2S2. The van der Waals surface area contributed by atoms with Gasteiger partial charge in [-0.2, -0.15) is 0 Å². The van der Waals surface area contributed by atoms with Crippen LogP contribution < -0.4 is 11.5 Å². The standard InChI is InChI=1S/C11H23N2O2PS.C10H20N2O2.C7H17O2PS.C2H6/c1-16(17)15-10-6-8-13(9-10)11(14)5-3-2-4-7-12;11-6-3-1-2-4-10(14)12-7-5-9(13)8-12;1-4-5-6-7-9-10(8-2)11-3;1-2/h10,17H,2-9,12H2,1H3;9,13H,1-8,11H2;4-7H2,1-3H3;1-2H3. The lowest BCUT2D eigenvalue weighted by molar-refractivity contribution is -0.131. The summed E-state index contributed by atoms with van der Waals surface area (Å²) < 4.78 is 16.2. The maximum atomic E-state index is 11.9. The summed E-state index contributed by atoms with van der Waals surface area (Å²) in [6.07, 6.45) is 14.4. The van der Waals surface area contributed by atoms with Crippen LogP contribution in [0.4, 0.5) is 0 Å². The number of likely N-dealkylation sites (tertiary alicyclic amines) is 2. The van der Waals surface area contributed by atoms with Gasteiger partial charge in [0.2, 0.25) is 19.4 Å². The highest BCUT2D eigenvalue weighted by Crippen LogP contribution is 2.49. The zero-order valence-electron chi connectivity index (χ0n) is 28.6. The number of nitrogens with zero attached hydrogens (tertiary/aromatic N) is 2. The fourth-order valence-electron chi connectivity index (χ4n) is 4.41. The average Bonchev–Trinajstić information content (AvgIpc) is 3.68. The lowest BCUT2D eigenvalue weighted by atomic mass is 10.2. The first-order valence-corrected chi connectivity index (χ1v) is 22.3. The number of β-amino-alcohol motifs (C(OH)–C–C–N with tert-alkyl or cyclic N) is 1. The van der Waals surface area contributed by atoms with E-state index < -0.39 is 14.9 Å². The third-order valence-corrected chi connectivity index (χ3v) is 10.3. The second-order valence-corrected chi connectivity index (χ2v) is 16.7. The van der Waals surface area contributed by atoms with Gasteiger partial charge in [0.1, 0.15) is 0 Å². The molecule has 44 heavy (non-hydrogen) atoms. The van der Waals surface area contributed by atoms with E-state index in [-0.39, 0.29) is 24.0 Å². The number of amides is 2. The van der Waals surface area contributed by atoms with Crippen molar-refractivity contribution in [3.63, 3.8) is 0 Å². The molecule has 2 saturated heterocycles. The van der Waals surface area contributed by atoms with Crippen LogP contribution in [0.15, 0.2) is 0 Å². The van der Waals surface area contributed by atoms with Gasteiger partial charge in [-0.05, 0) is 71.0 Å². The summed E-state index contributed by atoms with van der Waals surface area (Å²) in [6.45, 7) is 13.2. The lowest BCUT2D eigenvalue weighted by Crippen LogP contribution is -2.29. The number of thiol groups is 1. The maximum Gasteiger partial charge on any atom is 0.237 e. The van der Waals surface area contributed by atoms with E-state index in [9.17, 15) is 14.7 Å². The van der Waals surface area contributed by atoms with Gasteiger partial charge in [0.25, 0.3) is 0 Å². The fraction of sp³-hybridized carbons (Fsp3) is 0.933. The molecule has 4 unspecified atom stereocenters. The lowest BCUT2D eigenvalue weighted by Gasteiger charge is -2.17. The Kier molecular flexibility index (Phi) is 35.0. The molecule has 0 aromatic carbocycles. The first-order valence-electron chi connectivity index (χ1n) is 16.5. The molecular weight excluding hydrogens is 638 g/mol. The number of aliphatic hydroxyl groups is 1. The number of aliphatic hydroxyl groups excluding tert-OH is 1. The quantitative estimate of drug-likeness (QED) is 0.0670. The Bertz CT molecular complexity index is 673. The molecule has 2 heterocycles. The van der Waals surface area contributed by atoms with E-state index in [1.165, 1.54) is 12.8 Å². The van der Waals surface area contributed by atoms with Gasteiger partial charge in [-0.1, -0.05) is 57.8 Å². The maximum absolute atomic E-state index is 11.9. The van der Waals surface area contributed by atoms with Crippen LogP contribution in [0.5, 0.6) is 0 Å². The highest BCUT2D eigenvalue weighted by molar-refractivity contribution is 8.52. The molecule has 4 atom stereocenters. The first kappa shape index (κ1) is 46.4. The summed E-state index contributed by atoms with van der Waals surface area (Å²) in [4.78, 5) is 27.1. The van der Waals surface area contributed by atoms with Crippen molar-refractivity contribution in [1.82, 2.24) is 9.80 Å². The topological polar surface area (TPSA) is 141 Å². The molecule has 0 aliphatic carbocycles. The highest BCUT2D eigenvalue weighted by Gasteiger charge is 2.27. The molecule has 0 aromatic heterocycles. The van der Waals surface area contributed by atoms with Crippen molar-refractivity contribution in [2.45, 2.75) is 116 Å². The highest BCUT2D eigenvalue weighted by atomic mass is 32.7. The Morgan fingerprint density at radius 1 is 0.909 bits per heavy atom. The number of nitrogens with two attached hydrogens (primary N) is 2. The molecule has 2 amide bonds. The summed E-state index contributed by atoms with van der Waals surface area (Å²) >= 11 is 5.91. The Hall–Kier alpha value is 0.260. The average molecular weight is 705 g/mol. The van der Waals surface area contributed by atoms with Gasteiger partial charge >= 0.3 is 0 Å². The summed E-state index contributed by atoms with van der Waals surface area (Å²) in [5.41, 5.74) is 10.8. The van der Waals surface area contributed by atoms with E-state index in [1.807, 2.05) is 31.7 Å². The van der Waals surface area contributed by atoms with Gasteiger partial charge in [0.05, 0.1) is 26.2 Å². The second kappa shape index (κ2) is 33.2. The number of unbranched alkanes of at least 4 members (excludes halogenated alkanes) is 6. The van der Waals surface area contributed by atoms with Crippen molar-refractivity contribution >= 4 is 50.4 Å². The van der Waals surface area contributed by atoms with Gasteiger partial charge < -0.3 is 39.9 Å². The number of rotatable bonds is 19. The summed E-state index contributed by atoms with van der Waals surface area (Å²) in [6, 6.07) is 0. The minimum absolute atomic E-state index is 0.179. The van der Waals surface area contributed by atoms with Crippen LogP contribution in [-0.2, 0) is 23.2 Å². The van der Waals surface area contributed by atoms with E-state index in [0.717, 1.165) is 90.6 Å². The van der Waals surface area contributed by atoms with Crippen molar-refractivity contribution in [3.05, 3.63) is 0 Å². The largest absolute Gasteiger partial charge is 0.391 e. The van der Waals surface area contributed by atoms with Crippen LogP contribution in [0.1, 0.15) is 104 Å². The summed E-state index contributed by atoms with van der Waals surface area (Å²) in [5.74, 6) is 0.436. The van der Waals surface area contributed by atoms with Crippen LogP contribution in [0.25, 0.3) is 0 Å². The van der Waals surface area contributed by atoms with Crippen molar-refractivity contribution < 1.29 is 28.3 Å². The predicted octanol–water partition coefficient (Wildman–Crippen LogP) is 6.55. The number of hydrogen-bond donors (Lipinski definition) is 4. The van der Waals surface area contributed by atoms with Crippen LogP contribution in [0.3, 0.4) is 0 Å². The molecule has 2 rings (SSSR count). The van der Waals surface area contributed by atoms with Crippen LogP contribution in [0.2, 0.25) is 0 Å². The molecule has 2 fully saturated rings. The number of carbonyl (C=O) groups excluding carboxylic acids is 2. The molecule has 10 nitrogen and oxygen atoms in total. The molecule has 2 aliphatic heterocycles. The molecule has 264 valence electrons. The van der Waals surface area contributed by atoms with E-state index in [4.69, 9.17) is 25.0 Å². The summed E-state index contributed by atoms with van der Waals surface area (Å²) in [5, 5.41) is 9.25. The van der Waals surface area contributed by atoms with Gasteiger partial charge in [0.15, 0.2) is 0 Å². The fourth-order valence-corrected chi connectivity index (χ4v) is 7.04. The third-order valence-electron chi connectivity index (χ3n) is 6.75. The molecule has 14 heteroatoms. The van der Waals surface area contributed by atoms with E-state index in [0.29, 0.717) is 25.9 Å². The Morgan fingerprint density at radius 3 is 1.89 bits per heavy atom. The smallest absolute Gasteiger partial charge is 0.237 e. The van der Waals surface area contributed by atoms with E-state index in [1.54, 1.807) is 23.4 Å². The van der Waals surface area contributed by atoms with Crippen molar-refractivity contribution in [1.29, 1.82) is 0 Å². The van der Waals surface area contributed by atoms with Gasteiger partial charge in [-0.25, -0.2) is 0 Å². The van der Waals surface area contributed by atoms with Crippen LogP contribution in [-0.4, -0.2) is 105 Å². The predicted molar refractivity (Wildman–Crippen MR) is 194 cm³/mol. The molecule has 0 saturated carbocycles. The normalized spacial score (nSPS) is 18.8. The summed E-state index contributed by atoms with van der Waals surface area (Å²) in [7, 11) is 0.417. The first-order chi connectivity index (χ1) is 21.2. The Balaban J connectivity index is 0. The van der Waals surface area contributed by atoms with Gasteiger partial charge in [0, 0.05) is 46.1 Å². The third kappa shape index (κ3) is 26.3. The van der Waals surface area contributed by atoms with Gasteiger partial charge in [-0.15, -0.1) is 12.2 Å². The second-order valence-electron chi connectivity index (χ2n) is 10.4. The minimum atomic E-state index is -0.656. The number of hydrogen-bond acceptors (Lipinski definition) is 10. The van der Waals surface area contributed by atoms with Gasteiger partial charge in [-0.3, -0.25) is 9.59 Å². The molecule has 0 aromatic rings.